The summed E-state index contributed by atoms with van der Waals surface area (Å²) in [6.45, 7) is 0.334. The molecule has 1 heterocycles. The first-order chi connectivity index (χ1) is 24.4. The smallest absolute Gasteiger partial charge is 0.411 e. The molecule has 2 fully saturated rings. The largest absolute Gasteiger partial charge is 0.479 e. The van der Waals surface area contributed by atoms with Crippen molar-refractivity contribution in [2.24, 2.45) is 11.8 Å². The molecule has 1 saturated heterocycles. The predicted octanol–water partition coefficient (Wildman–Crippen LogP) is 3.87. The van der Waals surface area contributed by atoms with E-state index in [1.54, 1.807) is 18.4 Å². The Hall–Kier alpha value is -3.01. The van der Waals surface area contributed by atoms with Gasteiger partial charge in [-0.2, -0.15) is 11.8 Å². The van der Waals surface area contributed by atoms with E-state index in [9.17, 15) is 49.2 Å². The fourth-order valence-electron chi connectivity index (χ4n) is 6.42. The molecule has 5 N–H and O–H groups in total. The van der Waals surface area contributed by atoms with Gasteiger partial charge in [0.15, 0.2) is 5.54 Å². The highest BCUT2D eigenvalue weighted by Gasteiger charge is 2.50. The van der Waals surface area contributed by atoms with Crippen molar-refractivity contribution in [1.82, 2.24) is 10.2 Å². The third-order valence-electron chi connectivity index (χ3n) is 9.75. The number of ketones is 1. The molecule has 2 rings (SSSR count). The average Bonchev–Trinajstić information content (AvgIpc) is 3.39. The lowest BCUT2D eigenvalue weighted by molar-refractivity contribution is -0.162. The Morgan fingerprint density at radius 3 is 2.20 bits per heavy atom. The highest BCUT2D eigenvalue weighted by molar-refractivity contribution is 8.00. The summed E-state index contributed by atoms with van der Waals surface area (Å²) in [7, 11) is 0. The molecular weight excluding hydrogens is 684 g/mol. The second-order valence-corrected chi connectivity index (χ2v) is 14.6. The quantitative estimate of drug-likeness (QED) is 0.0296. The first-order valence-electron chi connectivity index (χ1n) is 18.3. The number of carbonyl (C=O) groups excluding carboxylic acids is 5. The molecule has 14 nitrogen and oxygen atoms in total. The number of unbranched alkanes of at least 4 members (excludes halogenated alkanes) is 7. The molecule has 0 aromatic heterocycles. The van der Waals surface area contributed by atoms with Crippen molar-refractivity contribution in [1.29, 1.82) is 0 Å². The van der Waals surface area contributed by atoms with Gasteiger partial charge in [-0.25, -0.2) is 9.59 Å². The number of nitrogens with one attached hydrogen (secondary N) is 1. The first kappa shape index (κ1) is 44.2. The Kier molecular flexibility index (Phi) is 20.4. The summed E-state index contributed by atoms with van der Waals surface area (Å²) in [5, 5.41) is 42.4. The molecule has 0 aromatic carbocycles. The van der Waals surface area contributed by atoms with Crippen molar-refractivity contribution in [2.45, 2.75) is 139 Å². The Morgan fingerprint density at radius 2 is 1.61 bits per heavy atom. The lowest BCUT2D eigenvalue weighted by Gasteiger charge is -2.34. The van der Waals surface area contributed by atoms with Crippen LogP contribution in [0.2, 0.25) is 0 Å². The van der Waals surface area contributed by atoms with Crippen LogP contribution in [0.4, 0.5) is 4.79 Å². The van der Waals surface area contributed by atoms with Crippen LogP contribution in [-0.4, -0.2) is 110 Å². The molecule has 15 heteroatoms. The van der Waals surface area contributed by atoms with Crippen LogP contribution in [0.25, 0.3) is 0 Å². The SMILES string of the molecule is CCCCCCC(=O)CCCCCC/C=C/C[C@@H](O)[C@H](O)[C@](CO)(NC(=O)OCOC(=O)C1CCC(CN2C(=O)CC(SC)C2=O)CC1)C(=O)O. The minimum absolute atomic E-state index is 0.0629. The maximum absolute atomic E-state index is 12.6. The number of hydrogen-bond donors (Lipinski definition) is 5. The van der Waals surface area contributed by atoms with Gasteiger partial charge in [0.25, 0.3) is 0 Å². The minimum atomic E-state index is -2.70. The normalized spacial score (nSPS) is 21.7. The summed E-state index contributed by atoms with van der Waals surface area (Å²) in [4.78, 5) is 74.9. The second kappa shape index (κ2) is 23.5. The number of thioether (sulfide) groups is 1. The Labute approximate surface area is 305 Å². The molecule has 3 amide bonds. The minimum Gasteiger partial charge on any atom is -0.479 e. The number of carboxylic acid groups (broad SMARTS) is 1. The number of nitrogens with zero attached hydrogens (tertiary/aromatic N) is 1. The third-order valence-corrected chi connectivity index (χ3v) is 10.7. The van der Waals surface area contributed by atoms with Crippen molar-refractivity contribution in [3.63, 3.8) is 0 Å². The van der Waals surface area contributed by atoms with Gasteiger partial charge in [0, 0.05) is 25.8 Å². The number of amides is 3. The first-order valence-corrected chi connectivity index (χ1v) is 19.5. The summed E-state index contributed by atoms with van der Waals surface area (Å²) in [5.74, 6) is -2.92. The molecule has 290 valence electrons. The van der Waals surface area contributed by atoms with Crippen LogP contribution in [0, 0.1) is 11.8 Å². The Morgan fingerprint density at radius 1 is 0.961 bits per heavy atom. The lowest BCUT2D eigenvalue weighted by Crippen LogP contribution is -2.67. The van der Waals surface area contributed by atoms with E-state index in [1.165, 1.54) is 16.7 Å². The van der Waals surface area contributed by atoms with E-state index in [4.69, 9.17) is 9.47 Å². The number of aliphatic carboxylic acids is 1. The molecule has 0 spiro atoms. The number of alkyl carbamates (subject to hydrolysis) is 1. The fraction of sp³-hybridized carbons (Fsp3) is 0.778. The molecule has 1 unspecified atom stereocenters. The number of ether oxygens (including phenoxy) is 2. The molecule has 1 saturated carbocycles. The number of rotatable bonds is 25. The van der Waals surface area contributed by atoms with Gasteiger partial charge in [-0.05, 0) is 70.0 Å². The van der Waals surface area contributed by atoms with E-state index in [2.05, 4.69) is 6.92 Å². The van der Waals surface area contributed by atoms with Gasteiger partial charge in [-0.1, -0.05) is 51.2 Å². The van der Waals surface area contributed by atoms with Gasteiger partial charge in [0.05, 0.1) is 23.9 Å². The Balaban J connectivity index is 1.69. The lowest BCUT2D eigenvalue weighted by atomic mass is 9.82. The molecule has 4 atom stereocenters. The van der Waals surface area contributed by atoms with Crippen LogP contribution in [0.5, 0.6) is 0 Å². The molecular formula is C36H58N2O12S. The average molecular weight is 743 g/mol. The summed E-state index contributed by atoms with van der Waals surface area (Å²) < 4.78 is 9.86. The zero-order chi connectivity index (χ0) is 37.8. The number of carboxylic acids is 1. The van der Waals surface area contributed by atoms with E-state index in [-0.39, 0.29) is 35.8 Å². The topological polar surface area (TPSA) is 217 Å². The van der Waals surface area contributed by atoms with Gasteiger partial charge in [0.1, 0.15) is 11.9 Å². The van der Waals surface area contributed by atoms with Crippen molar-refractivity contribution in [3.05, 3.63) is 12.2 Å². The van der Waals surface area contributed by atoms with Crippen molar-refractivity contribution in [2.75, 3.05) is 26.2 Å². The molecule has 1 aliphatic carbocycles. The number of imide groups is 1. The molecule has 1 aliphatic heterocycles. The van der Waals surface area contributed by atoms with Gasteiger partial charge in [0.2, 0.25) is 18.6 Å². The summed E-state index contributed by atoms with van der Waals surface area (Å²) >= 11 is 1.35. The molecule has 0 aromatic rings. The highest BCUT2D eigenvalue weighted by Crippen LogP contribution is 2.32. The fourth-order valence-corrected chi connectivity index (χ4v) is 7.06. The van der Waals surface area contributed by atoms with Crippen molar-refractivity contribution >= 4 is 47.4 Å². The zero-order valence-electron chi connectivity index (χ0n) is 30.1. The van der Waals surface area contributed by atoms with Gasteiger partial charge in [-0.15, -0.1) is 0 Å². The molecule has 0 bridgehead atoms. The number of aliphatic hydroxyl groups excluding tert-OH is 3. The number of carbonyl (C=O) groups is 6. The monoisotopic (exact) mass is 742 g/mol. The number of aliphatic hydroxyl groups is 3. The third kappa shape index (κ3) is 14.5. The number of allylic oxidation sites excluding steroid dienone is 1. The summed E-state index contributed by atoms with van der Waals surface area (Å²) in [5.41, 5.74) is -2.70. The predicted molar refractivity (Wildman–Crippen MR) is 189 cm³/mol. The van der Waals surface area contributed by atoms with Crippen molar-refractivity contribution < 1.29 is 58.7 Å². The number of esters is 1. The standard InChI is InChI=1S/C36H58N2O12S/c1-3-4-5-11-14-27(40)15-12-9-7-6-8-10-13-16-28(41)31(43)36(23-39,34(46)47)37-35(48)50-24-49-33(45)26-19-17-25(18-20-26)22-38-30(42)21-29(51-2)32(38)44/h10,13,25-26,28-29,31,39,41,43H,3-9,11-12,14-24H2,1-2H3,(H,37,48)(H,46,47)/b13-10+/t25?,26?,28-,29?,31+,36+/m1/s1. The van der Waals surface area contributed by atoms with Gasteiger partial charge < -0.3 is 35.2 Å². The van der Waals surface area contributed by atoms with E-state index in [0.717, 1.165) is 51.4 Å². The highest BCUT2D eigenvalue weighted by atomic mass is 32.2. The maximum atomic E-state index is 12.6. The zero-order valence-corrected chi connectivity index (χ0v) is 30.9. The molecule has 0 radical (unpaired) electrons. The maximum Gasteiger partial charge on any atom is 0.411 e. The number of hydrogen-bond acceptors (Lipinski definition) is 12. The van der Waals surface area contributed by atoms with E-state index in [0.29, 0.717) is 57.3 Å². The summed E-state index contributed by atoms with van der Waals surface area (Å²) in [6, 6.07) is 0. The van der Waals surface area contributed by atoms with Crippen LogP contribution in [0.15, 0.2) is 12.2 Å². The summed E-state index contributed by atoms with van der Waals surface area (Å²) in [6.07, 6.45) is 12.0. The van der Waals surface area contributed by atoms with Crippen LogP contribution in [0.3, 0.4) is 0 Å². The van der Waals surface area contributed by atoms with Gasteiger partial charge >= 0.3 is 18.0 Å². The van der Waals surface area contributed by atoms with Crippen LogP contribution in [-0.2, 0) is 33.4 Å². The molecule has 2 aliphatic rings. The number of likely N-dealkylation sites (tertiary alicyclic amines) is 1. The van der Waals surface area contributed by atoms with E-state index in [1.807, 2.05) is 5.32 Å². The van der Waals surface area contributed by atoms with Crippen LogP contribution in [0.1, 0.15) is 116 Å². The second-order valence-electron chi connectivity index (χ2n) is 13.6. The van der Waals surface area contributed by atoms with E-state index >= 15 is 0 Å². The number of Topliss-reactive ketones (excluding diaryl/α,β-unsaturated/α-hetero) is 1. The van der Waals surface area contributed by atoms with Crippen LogP contribution < -0.4 is 5.32 Å². The van der Waals surface area contributed by atoms with E-state index < -0.39 is 55.1 Å². The van der Waals surface area contributed by atoms with Gasteiger partial charge in [-0.3, -0.25) is 24.1 Å². The molecule has 51 heavy (non-hydrogen) atoms. The Bertz CT molecular complexity index is 1170. The van der Waals surface area contributed by atoms with Crippen LogP contribution >= 0.6 is 11.8 Å². The van der Waals surface area contributed by atoms with Crippen molar-refractivity contribution in [3.8, 4) is 0 Å².